The van der Waals surface area contributed by atoms with Crippen molar-refractivity contribution in [1.29, 1.82) is 0 Å². The van der Waals surface area contributed by atoms with Crippen LogP contribution in [0.3, 0.4) is 0 Å². The Hall–Kier alpha value is -10.7. The summed E-state index contributed by atoms with van der Waals surface area (Å²) >= 11 is 1.94. The molecule has 3 aliphatic rings. The Morgan fingerprint density at radius 3 is 0.752 bits per heavy atom. The van der Waals surface area contributed by atoms with Gasteiger partial charge in [-0.05, 0) is 18.2 Å². The van der Waals surface area contributed by atoms with Crippen LogP contribution < -0.4 is 16.0 Å². The van der Waals surface area contributed by atoms with Crippen LogP contribution in [0.15, 0.2) is 18.2 Å². The number of thioether (sulfide) groups is 3. The van der Waals surface area contributed by atoms with Crippen LogP contribution in [-0.2, 0) is 172 Å². The van der Waals surface area contributed by atoms with Gasteiger partial charge in [-0.2, -0.15) is 0 Å². The highest BCUT2D eigenvalue weighted by atomic mass is 32.2. The molecule has 1 aromatic rings. The molecule has 3 heterocycles. The number of amides is 3. The maximum absolute atomic E-state index is 14.4. The van der Waals surface area contributed by atoms with Crippen molar-refractivity contribution in [1.82, 2.24) is 16.0 Å². The van der Waals surface area contributed by atoms with Gasteiger partial charge in [-0.1, -0.05) is 35.5 Å². The summed E-state index contributed by atoms with van der Waals surface area (Å²) in [7, 11) is 2.96. The first-order chi connectivity index (χ1) is 54.8. The Labute approximate surface area is 685 Å². The fourth-order valence-electron chi connectivity index (χ4n) is 12.4. The molecule has 642 valence electrons. The number of benzene rings is 1. The van der Waals surface area contributed by atoms with Crippen LogP contribution in [0.1, 0.15) is 140 Å². The normalized spacial score (nSPS) is 23.8. The number of carbonyl (C=O) groups is 18. The van der Waals surface area contributed by atoms with E-state index in [0.29, 0.717) is 35.3 Å². The van der Waals surface area contributed by atoms with Gasteiger partial charge in [-0.15, -0.1) is 35.3 Å². The van der Waals surface area contributed by atoms with E-state index in [2.05, 4.69) is 51.5 Å². The summed E-state index contributed by atoms with van der Waals surface area (Å²) in [5.41, 5.74) is 0.306. The number of hydrogen-bond donors (Lipinski definition) is 3. The van der Waals surface area contributed by atoms with Gasteiger partial charge in [0.1, 0.15) is 56.4 Å². The molecule has 0 spiro atoms. The number of nitrogens with one attached hydrogen (secondary N) is 3. The maximum atomic E-state index is 14.4. The summed E-state index contributed by atoms with van der Waals surface area (Å²) < 4.78 is 102. The summed E-state index contributed by atoms with van der Waals surface area (Å²) in [6, 6.07) is -0.190. The van der Waals surface area contributed by atoms with Gasteiger partial charge in [0.2, 0.25) is 32.5 Å². The topological polar surface area (TPSA) is 509 Å². The molecule has 0 saturated carbocycles. The van der Waals surface area contributed by atoms with E-state index >= 15 is 0 Å². The molecule has 3 fully saturated rings. The Kier molecular flexibility index (Phi) is 39.0. The quantitative estimate of drug-likeness (QED) is 0.0490. The van der Waals surface area contributed by atoms with Gasteiger partial charge in [-0.25, -0.2) is 14.4 Å². The second-order valence-electron chi connectivity index (χ2n) is 25.9. The van der Waals surface area contributed by atoms with E-state index < -0.39 is 270 Å². The number of methoxy groups -OCH3 is 3. The van der Waals surface area contributed by atoms with Crippen molar-refractivity contribution in [2.24, 2.45) is 0 Å². The standard InChI is InChI=1S/C75H93N3O36S3/c1-37(79)76-61-55(103-43(7)85)31-73(70(94)97-16,112-67(61)64(109-49(13)91)58(106-46(10)88)34-100-40(4)82)115-25-19-22-52-28-53(23-20-26-116-74(71(95)98-17)32-56(104-44(8)86)62(77-38(2)80)68(113-74)65(110-50(14)92)59(107-47(11)89)35-101-41(5)83)30-54(29-52)24-21-27-117-75(72(96)99-18)33-57(105-45(9)87)63(78-39(3)81)69(114-75)66(111-51(15)93)60(108-48(12)90)36-102-42(6)84/h28-30,55-69H,25-27,31-36H2,1-18H3,(H,76,79)(H,77,80)(H,78,81)/t55-,56-,57-,58+,59+,60+,61+,62+,63+,64+,65+,66+,67+,68+,69+,73-,74-,75-/m0/s1. The van der Waals surface area contributed by atoms with Gasteiger partial charge < -0.3 is 101 Å². The lowest BCUT2D eigenvalue weighted by Crippen LogP contribution is -2.68. The number of ether oxygens (including phenoxy) is 18. The van der Waals surface area contributed by atoms with Crippen LogP contribution in [0.5, 0.6) is 0 Å². The highest BCUT2D eigenvalue weighted by Crippen LogP contribution is 2.46. The highest BCUT2D eigenvalue weighted by molar-refractivity contribution is 8.02. The summed E-state index contributed by atoms with van der Waals surface area (Å²) in [6.07, 6.45) is -22.6. The molecule has 3 saturated heterocycles. The third-order valence-corrected chi connectivity index (χ3v) is 19.8. The third-order valence-electron chi connectivity index (χ3n) is 16.2. The molecular weight excluding hydrogens is 1620 g/mol. The molecule has 0 aliphatic carbocycles. The van der Waals surface area contributed by atoms with Crippen LogP contribution in [0.25, 0.3) is 0 Å². The predicted octanol–water partition coefficient (Wildman–Crippen LogP) is 0.504. The number of esters is 15. The van der Waals surface area contributed by atoms with Crippen molar-refractivity contribution < 1.29 is 172 Å². The van der Waals surface area contributed by atoms with Crippen LogP contribution in [0.4, 0.5) is 0 Å². The monoisotopic (exact) mass is 1710 g/mol. The van der Waals surface area contributed by atoms with Gasteiger partial charge in [-0.3, -0.25) is 71.9 Å². The zero-order valence-corrected chi connectivity index (χ0v) is 69.6. The molecule has 0 aromatic heterocycles. The van der Waals surface area contributed by atoms with Gasteiger partial charge in [0.25, 0.3) is 0 Å². The first-order valence-corrected chi connectivity index (χ1v) is 38.4. The zero-order chi connectivity index (χ0) is 88.0. The fourth-order valence-corrected chi connectivity index (χ4v) is 15.5. The second-order valence-corrected chi connectivity index (χ2v) is 29.6. The average Bonchev–Trinajstić information content (AvgIpc) is 0.767. The van der Waals surface area contributed by atoms with Crippen molar-refractivity contribution in [3.05, 3.63) is 34.9 Å². The Bertz CT molecular complexity index is 3680. The lowest BCUT2D eigenvalue weighted by molar-refractivity contribution is -0.224. The molecule has 0 radical (unpaired) electrons. The minimum Gasteiger partial charge on any atom is -0.466 e. The van der Waals surface area contributed by atoms with Crippen molar-refractivity contribution in [3.8, 4) is 35.5 Å². The second kappa shape index (κ2) is 46.3. The van der Waals surface area contributed by atoms with E-state index in [9.17, 15) is 86.3 Å². The summed E-state index contributed by atoms with van der Waals surface area (Å²) in [5, 5.41) is 7.78. The zero-order valence-electron chi connectivity index (χ0n) is 67.2. The van der Waals surface area contributed by atoms with Crippen LogP contribution in [0.2, 0.25) is 0 Å². The van der Waals surface area contributed by atoms with E-state index in [1.54, 1.807) is 0 Å². The molecule has 3 aliphatic heterocycles. The van der Waals surface area contributed by atoms with Crippen molar-refractivity contribution in [3.63, 3.8) is 0 Å². The molecule has 1 aromatic carbocycles. The summed E-state index contributed by atoms with van der Waals surface area (Å²) in [6.45, 7) is 12.9. The fraction of sp³-hybridized carbons (Fsp3) is 0.600. The molecule has 42 heteroatoms. The molecule has 3 amide bonds. The van der Waals surface area contributed by atoms with Crippen molar-refractivity contribution >= 4 is 143 Å². The average molecular weight is 1710 g/mol. The third kappa shape index (κ3) is 31.0. The summed E-state index contributed by atoms with van der Waals surface area (Å²) in [5.74, 6) is -0.779. The van der Waals surface area contributed by atoms with E-state index in [0.717, 1.165) is 125 Å². The van der Waals surface area contributed by atoms with Gasteiger partial charge >= 0.3 is 89.5 Å². The molecule has 39 nitrogen and oxygen atoms in total. The van der Waals surface area contributed by atoms with Crippen LogP contribution in [0, 0.1) is 35.5 Å². The van der Waals surface area contributed by atoms with Gasteiger partial charge in [0.15, 0.2) is 36.6 Å². The molecule has 0 unspecified atom stereocenters. The SMILES string of the molecule is COC(=O)[C@@]1(SCC#Cc2cc(C#CCS[C@]3(C(=O)OC)C[C@H](OC(C)=O)[C@@H](NC(C)=O)[C@H]([C@H](OC(C)=O)[C@@H](COC(C)=O)OC(C)=O)O3)cc(C#CCS[C@]3(C(=O)OC)C[C@H](OC(C)=O)[C@@H](NC(C)=O)[C@H]([C@H](OC(C)=O)[C@@H](COC(C)=O)OC(C)=O)O3)c2)C[C@H](OC(C)=O)[C@@H](NC(C)=O)[C@H]([C@H](OC(C)=O)[C@@H](COC(C)=O)OC(C)=O)O1. The van der Waals surface area contributed by atoms with Crippen LogP contribution in [-0.4, -0.2) is 272 Å². The number of hydrogen-bond acceptors (Lipinski definition) is 39. The Morgan fingerprint density at radius 1 is 0.350 bits per heavy atom. The maximum Gasteiger partial charge on any atom is 0.349 e. The first-order valence-electron chi connectivity index (χ1n) is 35.4. The molecular formula is C75H93N3O36S3. The van der Waals surface area contributed by atoms with E-state index in [4.69, 9.17) is 85.3 Å². The largest absolute Gasteiger partial charge is 0.466 e. The van der Waals surface area contributed by atoms with Crippen molar-refractivity contribution in [2.75, 3.05) is 58.4 Å². The van der Waals surface area contributed by atoms with E-state index in [1.165, 1.54) is 18.2 Å². The van der Waals surface area contributed by atoms with Crippen LogP contribution >= 0.6 is 35.3 Å². The Morgan fingerprint density at radius 2 is 0.573 bits per heavy atom. The summed E-state index contributed by atoms with van der Waals surface area (Å²) in [4.78, 5) is 227. The first kappa shape index (κ1) is 98.7. The van der Waals surface area contributed by atoms with Gasteiger partial charge in [0.05, 0.1) is 56.7 Å². The lowest BCUT2D eigenvalue weighted by atomic mass is 9.89. The molecule has 3 N–H and O–H groups in total. The number of rotatable bonds is 33. The Balaban J connectivity index is 2.07. The predicted molar refractivity (Wildman–Crippen MR) is 400 cm³/mol. The molecule has 117 heavy (non-hydrogen) atoms. The number of carbonyl (C=O) groups excluding carboxylic acids is 18. The molecule has 0 bridgehead atoms. The van der Waals surface area contributed by atoms with Gasteiger partial charge in [0, 0.05) is 140 Å². The minimum absolute atomic E-state index is 0.102. The van der Waals surface area contributed by atoms with E-state index in [1.807, 2.05) is 0 Å². The smallest absolute Gasteiger partial charge is 0.349 e. The highest BCUT2D eigenvalue weighted by Gasteiger charge is 2.62. The lowest BCUT2D eigenvalue weighted by Gasteiger charge is -2.48. The minimum atomic E-state index is -2.33. The molecule has 4 rings (SSSR count). The van der Waals surface area contributed by atoms with Crippen molar-refractivity contribution in [2.45, 2.75) is 229 Å². The molecule has 18 atom stereocenters. The van der Waals surface area contributed by atoms with E-state index in [-0.39, 0.29) is 16.7 Å².